The Bertz CT molecular complexity index is 520. The van der Waals surface area contributed by atoms with Crippen LogP contribution in [0.1, 0.15) is 10.4 Å². The lowest BCUT2D eigenvalue weighted by Crippen LogP contribution is -1.84. The summed E-state index contributed by atoms with van der Waals surface area (Å²) in [4.78, 5) is 10.5. The quantitative estimate of drug-likeness (QED) is 0.757. The normalized spacial score (nSPS) is 10.1. The summed E-state index contributed by atoms with van der Waals surface area (Å²) < 4.78 is 13.6. The second-order valence-corrected chi connectivity index (χ2v) is 4.22. The van der Waals surface area contributed by atoms with Gasteiger partial charge in [0.15, 0.2) is 0 Å². The summed E-state index contributed by atoms with van der Waals surface area (Å²) in [6, 6.07) is 11.7. The summed E-state index contributed by atoms with van der Waals surface area (Å²) in [5, 5.41) is 0. The number of hydrogen-bond donors (Lipinski definition) is 0. The molecule has 0 aromatic heterocycles. The predicted molar refractivity (Wildman–Crippen MR) is 64.9 cm³/mol. The fourth-order valence-corrected chi connectivity index (χ4v) is 2.04. The van der Waals surface area contributed by atoms with Gasteiger partial charge in [0.1, 0.15) is 12.1 Å². The van der Waals surface area contributed by atoms with Gasteiger partial charge in [-0.15, -0.1) is 0 Å². The van der Waals surface area contributed by atoms with Crippen LogP contribution >= 0.6 is 15.9 Å². The average molecular weight is 279 g/mol. The summed E-state index contributed by atoms with van der Waals surface area (Å²) in [5.41, 5.74) is 2.47. The van der Waals surface area contributed by atoms with Gasteiger partial charge in [-0.2, -0.15) is 0 Å². The highest BCUT2D eigenvalue weighted by atomic mass is 79.9. The van der Waals surface area contributed by atoms with Gasteiger partial charge in [0.25, 0.3) is 0 Å². The van der Waals surface area contributed by atoms with Crippen LogP contribution in [0.3, 0.4) is 0 Å². The van der Waals surface area contributed by atoms with Crippen LogP contribution in [0.4, 0.5) is 4.39 Å². The van der Waals surface area contributed by atoms with Crippen LogP contribution in [0, 0.1) is 5.82 Å². The average Bonchev–Trinajstić information content (AvgIpc) is 2.29. The molecule has 80 valence electrons. The Morgan fingerprint density at radius 3 is 2.31 bits per heavy atom. The molecule has 2 rings (SSSR count). The van der Waals surface area contributed by atoms with Crippen molar-refractivity contribution in [3.05, 3.63) is 58.3 Å². The third-order valence-electron chi connectivity index (χ3n) is 2.29. The number of aldehydes is 1. The van der Waals surface area contributed by atoms with E-state index >= 15 is 0 Å². The lowest BCUT2D eigenvalue weighted by Gasteiger charge is -2.04. The number of carbonyl (C=O) groups excluding carboxylic acids is 1. The molecule has 0 aliphatic heterocycles. The molecule has 0 N–H and O–H groups in total. The van der Waals surface area contributed by atoms with E-state index in [9.17, 15) is 9.18 Å². The summed E-state index contributed by atoms with van der Waals surface area (Å²) in [6.45, 7) is 0. The predicted octanol–water partition coefficient (Wildman–Crippen LogP) is 4.07. The first-order valence-corrected chi connectivity index (χ1v) is 5.50. The molecule has 0 fully saturated rings. The van der Waals surface area contributed by atoms with Crippen molar-refractivity contribution in [2.45, 2.75) is 0 Å². The van der Waals surface area contributed by atoms with E-state index < -0.39 is 0 Å². The first-order valence-electron chi connectivity index (χ1n) is 4.71. The van der Waals surface area contributed by atoms with E-state index in [2.05, 4.69) is 15.9 Å². The number of carbonyl (C=O) groups is 1. The minimum atomic E-state index is -0.278. The summed E-state index contributed by atoms with van der Waals surface area (Å²) in [7, 11) is 0. The van der Waals surface area contributed by atoms with Gasteiger partial charge in [-0.25, -0.2) is 4.39 Å². The molecule has 0 spiro atoms. The van der Waals surface area contributed by atoms with Gasteiger partial charge in [0.05, 0.1) is 0 Å². The molecule has 0 amide bonds. The molecule has 0 atom stereocenters. The third-order valence-corrected chi connectivity index (χ3v) is 2.94. The van der Waals surface area contributed by atoms with Crippen LogP contribution in [0.2, 0.25) is 0 Å². The number of benzene rings is 2. The molecular weight excluding hydrogens is 271 g/mol. The summed E-state index contributed by atoms with van der Waals surface area (Å²) in [5.74, 6) is -0.278. The van der Waals surface area contributed by atoms with Gasteiger partial charge in [0, 0.05) is 10.0 Å². The number of hydrogen-bond acceptors (Lipinski definition) is 1. The second kappa shape index (κ2) is 4.58. The molecule has 3 heteroatoms. The van der Waals surface area contributed by atoms with Crippen molar-refractivity contribution in [2.24, 2.45) is 0 Å². The Kier molecular flexibility index (Phi) is 3.15. The topological polar surface area (TPSA) is 17.1 Å². The van der Waals surface area contributed by atoms with Gasteiger partial charge in [-0.05, 0) is 23.3 Å². The minimum Gasteiger partial charge on any atom is -0.298 e. The zero-order chi connectivity index (χ0) is 11.5. The van der Waals surface area contributed by atoms with E-state index in [1.54, 1.807) is 18.2 Å². The van der Waals surface area contributed by atoms with Crippen LogP contribution in [0.25, 0.3) is 11.1 Å². The molecule has 0 heterocycles. The number of halogens is 2. The molecule has 2 aromatic rings. The minimum absolute atomic E-state index is 0.278. The fourth-order valence-electron chi connectivity index (χ4n) is 1.46. The van der Waals surface area contributed by atoms with Gasteiger partial charge >= 0.3 is 0 Å². The second-order valence-electron chi connectivity index (χ2n) is 3.36. The Morgan fingerprint density at radius 2 is 1.75 bits per heavy atom. The van der Waals surface area contributed by atoms with Crippen molar-refractivity contribution in [2.75, 3.05) is 0 Å². The van der Waals surface area contributed by atoms with Crippen LogP contribution < -0.4 is 0 Å². The lowest BCUT2D eigenvalue weighted by atomic mass is 10.0. The molecule has 0 radical (unpaired) electrons. The van der Waals surface area contributed by atoms with Crippen molar-refractivity contribution in [3.63, 3.8) is 0 Å². The van der Waals surface area contributed by atoms with E-state index in [0.717, 1.165) is 17.4 Å². The van der Waals surface area contributed by atoms with E-state index in [4.69, 9.17) is 0 Å². The third kappa shape index (κ3) is 2.19. The summed E-state index contributed by atoms with van der Waals surface area (Å²) in [6.07, 6.45) is 0.795. The molecular formula is C13H8BrFO. The number of rotatable bonds is 2. The maximum absolute atomic E-state index is 12.9. The van der Waals surface area contributed by atoms with Gasteiger partial charge in [-0.3, -0.25) is 4.79 Å². The van der Waals surface area contributed by atoms with Gasteiger partial charge < -0.3 is 0 Å². The van der Waals surface area contributed by atoms with Crippen molar-refractivity contribution >= 4 is 22.2 Å². The molecule has 2 aromatic carbocycles. The SMILES string of the molecule is O=Cc1ccc(-c2ccc(F)cc2Br)cc1. The largest absolute Gasteiger partial charge is 0.298 e. The molecule has 16 heavy (non-hydrogen) atoms. The maximum Gasteiger partial charge on any atom is 0.150 e. The van der Waals surface area contributed by atoms with Crippen molar-refractivity contribution < 1.29 is 9.18 Å². The van der Waals surface area contributed by atoms with Crippen molar-refractivity contribution in [1.82, 2.24) is 0 Å². The van der Waals surface area contributed by atoms with E-state index in [1.165, 1.54) is 12.1 Å². The van der Waals surface area contributed by atoms with Crippen molar-refractivity contribution in [1.29, 1.82) is 0 Å². The first-order chi connectivity index (χ1) is 7.70. The maximum atomic E-state index is 12.9. The monoisotopic (exact) mass is 278 g/mol. The zero-order valence-corrected chi connectivity index (χ0v) is 9.87. The van der Waals surface area contributed by atoms with E-state index in [-0.39, 0.29) is 5.82 Å². The van der Waals surface area contributed by atoms with E-state index in [0.29, 0.717) is 10.0 Å². The first kappa shape index (κ1) is 11.0. The Labute approximate surface area is 101 Å². The fraction of sp³-hybridized carbons (Fsp3) is 0. The molecule has 1 nitrogen and oxygen atoms in total. The standard InChI is InChI=1S/C13H8BrFO/c14-13-7-11(15)5-6-12(13)10-3-1-9(8-16)2-4-10/h1-8H. The highest BCUT2D eigenvalue weighted by Crippen LogP contribution is 2.28. The molecule has 0 bridgehead atoms. The van der Waals surface area contributed by atoms with Crippen LogP contribution in [-0.2, 0) is 0 Å². The molecule has 0 unspecified atom stereocenters. The molecule has 0 saturated heterocycles. The van der Waals surface area contributed by atoms with Crippen LogP contribution in [0.15, 0.2) is 46.9 Å². The van der Waals surface area contributed by atoms with Crippen LogP contribution in [-0.4, -0.2) is 6.29 Å². The van der Waals surface area contributed by atoms with Gasteiger partial charge in [0.2, 0.25) is 0 Å². The Balaban J connectivity index is 2.46. The highest BCUT2D eigenvalue weighted by molar-refractivity contribution is 9.10. The zero-order valence-electron chi connectivity index (χ0n) is 8.28. The molecule has 0 saturated carbocycles. The lowest BCUT2D eigenvalue weighted by molar-refractivity contribution is 0.112. The van der Waals surface area contributed by atoms with Gasteiger partial charge in [-0.1, -0.05) is 46.3 Å². The van der Waals surface area contributed by atoms with Crippen LogP contribution in [0.5, 0.6) is 0 Å². The molecule has 0 aliphatic carbocycles. The smallest absolute Gasteiger partial charge is 0.150 e. The van der Waals surface area contributed by atoms with E-state index in [1.807, 2.05) is 12.1 Å². The summed E-state index contributed by atoms with van der Waals surface area (Å²) >= 11 is 3.31. The molecule has 0 aliphatic rings. The Hall–Kier alpha value is -1.48. The highest BCUT2D eigenvalue weighted by Gasteiger charge is 2.04. The Morgan fingerprint density at radius 1 is 1.06 bits per heavy atom. The van der Waals surface area contributed by atoms with Crippen molar-refractivity contribution in [3.8, 4) is 11.1 Å².